The molecule has 2 amide bonds. The first-order valence-electron chi connectivity index (χ1n) is 8.21. The first kappa shape index (κ1) is 16.5. The molecule has 1 aromatic heterocycles. The van der Waals surface area contributed by atoms with Crippen LogP contribution in [0.2, 0.25) is 0 Å². The molecule has 2 heterocycles. The Labute approximate surface area is 154 Å². The number of urea groups is 1. The molecule has 130 valence electrons. The van der Waals surface area contributed by atoms with Crippen molar-refractivity contribution < 1.29 is 9.18 Å². The minimum Gasteiger partial charge on any atom is -0.316 e. The van der Waals surface area contributed by atoms with Crippen LogP contribution >= 0.6 is 11.3 Å². The number of hydrogen-bond donors (Lipinski definition) is 1. The normalized spacial score (nSPS) is 13.6. The molecule has 0 aliphatic carbocycles. The van der Waals surface area contributed by atoms with Crippen LogP contribution in [0.1, 0.15) is 5.56 Å². The summed E-state index contributed by atoms with van der Waals surface area (Å²) in [5.74, 6) is -0.264. The van der Waals surface area contributed by atoms with Gasteiger partial charge in [-0.1, -0.05) is 59.9 Å². The predicted octanol–water partition coefficient (Wildman–Crippen LogP) is 4.88. The SMILES string of the molecule is O=C(Nc1ncc(-c2ccccc2)s1)N1CC=C(c2ccc(F)cc2)C1. The number of carbonyl (C=O) groups excluding carboxylic acids is 1. The third-order valence-electron chi connectivity index (χ3n) is 4.20. The highest BCUT2D eigenvalue weighted by atomic mass is 32.1. The zero-order valence-corrected chi connectivity index (χ0v) is 14.7. The summed E-state index contributed by atoms with van der Waals surface area (Å²) >= 11 is 1.44. The Bertz CT molecular complexity index is 951. The van der Waals surface area contributed by atoms with E-state index in [-0.39, 0.29) is 11.8 Å². The number of benzene rings is 2. The molecule has 1 aliphatic rings. The molecular weight excluding hydrogens is 349 g/mol. The fraction of sp³-hybridized carbons (Fsp3) is 0.100. The summed E-state index contributed by atoms with van der Waals surface area (Å²) < 4.78 is 13.0. The molecule has 3 aromatic rings. The van der Waals surface area contributed by atoms with E-state index in [1.54, 1.807) is 23.2 Å². The Morgan fingerprint density at radius 1 is 1.08 bits per heavy atom. The van der Waals surface area contributed by atoms with Gasteiger partial charge in [-0.15, -0.1) is 0 Å². The average molecular weight is 365 g/mol. The van der Waals surface area contributed by atoms with E-state index < -0.39 is 0 Å². The lowest BCUT2D eigenvalue weighted by Crippen LogP contribution is -2.33. The summed E-state index contributed by atoms with van der Waals surface area (Å²) in [6, 6.07) is 16.1. The molecule has 4 rings (SSSR count). The maximum Gasteiger partial charge on any atom is 0.324 e. The molecule has 0 bridgehead atoms. The number of anilines is 1. The number of hydrogen-bond acceptors (Lipinski definition) is 3. The highest BCUT2D eigenvalue weighted by Gasteiger charge is 2.21. The molecule has 0 fully saturated rings. The first-order chi connectivity index (χ1) is 12.7. The number of halogens is 1. The highest BCUT2D eigenvalue weighted by Crippen LogP contribution is 2.29. The van der Waals surface area contributed by atoms with Crippen LogP contribution in [0, 0.1) is 5.82 Å². The maximum absolute atomic E-state index is 13.0. The van der Waals surface area contributed by atoms with Gasteiger partial charge in [-0.25, -0.2) is 14.2 Å². The Morgan fingerprint density at radius 3 is 2.62 bits per heavy atom. The highest BCUT2D eigenvalue weighted by molar-refractivity contribution is 7.19. The number of aromatic nitrogens is 1. The van der Waals surface area contributed by atoms with E-state index in [0.717, 1.165) is 21.6 Å². The summed E-state index contributed by atoms with van der Waals surface area (Å²) in [6.45, 7) is 1.02. The van der Waals surface area contributed by atoms with E-state index in [1.165, 1.54) is 23.5 Å². The van der Waals surface area contributed by atoms with Gasteiger partial charge in [0, 0.05) is 19.3 Å². The lowest BCUT2D eigenvalue weighted by molar-refractivity contribution is 0.225. The van der Waals surface area contributed by atoms with Crippen molar-refractivity contribution in [2.24, 2.45) is 0 Å². The van der Waals surface area contributed by atoms with Crippen molar-refractivity contribution >= 4 is 28.1 Å². The van der Waals surface area contributed by atoms with E-state index >= 15 is 0 Å². The number of nitrogens with one attached hydrogen (secondary N) is 1. The van der Waals surface area contributed by atoms with Gasteiger partial charge in [0.15, 0.2) is 5.13 Å². The van der Waals surface area contributed by atoms with Crippen molar-refractivity contribution in [1.82, 2.24) is 9.88 Å². The minimum atomic E-state index is -0.264. The van der Waals surface area contributed by atoms with E-state index in [9.17, 15) is 9.18 Å². The van der Waals surface area contributed by atoms with Gasteiger partial charge in [0.05, 0.1) is 4.88 Å². The number of amides is 2. The molecule has 26 heavy (non-hydrogen) atoms. The van der Waals surface area contributed by atoms with Gasteiger partial charge < -0.3 is 4.90 Å². The largest absolute Gasteiger partial charge is 0.324 e. The monoisotopic (exact) mass is 365 g/mol. The number of rotatable bonds is 3. The zero-order valence-electron chi connectivity index (χ0n) is 13.9. The third kappa shape index (κ3) is 3.50. The second-order valence-corrected chi connectivity index (χ2v) is 6.97. The molecule has 0 atom stereocenters. The van der Waals surface area contributed by atoms with Crippen LogP contribution in [0.5, 0.6) is 0 Å². The molecule has 4 nitrogen and oxygen atoms in total. The van der Waals surface area contributed by atoms with Crippen molar-refractivity contribution in [3.63, 3.8) is 0 Å². The summed E-state index contributed by atoms with van der Waals surface area (Å²) in [6.07, 6.45) is 3.76. The molecule has 1 N–H and O–H groups in total. The predicted molar refractivity (Wildman–Crippen MR) is 103 cm³/mol. The van der Waals surface area contributed by atoms with E-state index in [4.69, 9.17) is 0 Å². The molecule has 0 saturated heterocycles. The van der Waals surface area contributed by atoms with Crippen LogP contribution in [-0.2, 0) is 0 Å². The van der Waals surface area contributed by atoms with Gasteiger partial charge in [0.25, 0.3) is 0 Å². The molecule has 1 aliphatic heterocycles. The fourth-order valence-corrected chi connectivity index (χ4v) is 3.63. The maximum atomic E-state index is 13.0. The average Bonchev–Trinajstić information content (AvgIpc) is 3.33. The Morgan fingerprint density at radius 2 is 1.85 bits per heavy atom. The van der Waals surface area contributed by atoms with Crippen LogP contribution in [0.25, 0.3) is 16.0 Å². The zero-order chi connectivity index (χ0) is 17.9. The third-order valence-corrected chi connectivity index (χ3v) is 5.16. The van der Waals surface area contributed by atoms with Gasteiger partial charge in [-0.3, -0.25) is 5.32 Å². The van der Waals surface area contributed by atoms with Crippen LogP contribution in [0.3, 0.4) is 0 Å². The van der Waals surface area contributed by atoms with E-state index in [0.29, 0.717) is 18.2 Å². The summed E-state index contributed by atoms with van der Waals surface area (Å²) in [5, 5.41) is 3.43. The molecule has 0 saturated carbocycles. The first-order valence-corrected chi connectivity index (χ1v) is 9.03. The lowest BCUT2D eigenvalue weighted by atomic mass is 10.1. The minimum absolute atomic E-state index is 0.188. The van der Waals surface area contributed by atoms with Crippen molar-refractivity contribution in [3.05, 3.63) is 78.3 Å². The quantitative estimate of drug-likeness (QED) is 0.719. The van der Waals surface area contributed by atoms with Crippen molar-refractivity contribution in [3.8, 4) is 10.4 Å². The van der Waals surface area contributed by atoms with Crippen LogP contribution in [-0.4, -0.2) is 29.0 Å². The fourth-order valence-electron chi connectivity index (χ4n) is 2.82. The Hall–Kier alpha value is -2.99. The van der Waals surface area contributed by atoms with Gasteiger partial charge in [0.2, 0.25) is 0 Å². The second kappa shape index (κ2) is 7.09. The Balaban J connectivity index is 1.39. The van der Waals surface area contributed by atoms with Gasteiger partial charge in [0.1, 0.15) is 5.82 Å². The molecule has 0 unspecified atom stereocenters. The van der Waals surface area contributed by atoms with Gasteiger partial charge in [-0.2, -0.15) is 0 Å². The molecule has 0 spiro atoms. The number of thiazole rings is 1. The molecule has 2 aromatic carbocycles. The molecule has 0 radical (unpaired) electrons. The van der Waals surface area contributed by atoms with Crippen molar-refractivity contribution in [2.45, 2.75) is 0 Å². The van der Waals surface area contributed by atoms with Crippen LogP contribution in [0.4, 0.5) is 14.3 Å². The topological polar surface area (TPSA) is 45.2 Å². The van der Waals surface area contributed by atoms with Gasteiger partial charge in [-0.05, 0) is 28.8 Å². The van der Waals surface area contributed by atoms with Crippen LogP contribution < -0.4 is 5.32 Å². The molecular formula is C20H16FN3OS. The number of nitrogens with zero attached hydrogens (tertiary/aromatic N) is 2. The Kier molecular flexibility index (Phi) is 4.50. The van der Waals surface area contributed by atoms with Crippen LogP contribution in [0.15, 0.2) is 66.9 Å². The second-order valence-electron chi connectivity index (χ2n) is 5.94. The smallest absolute Gasteiger partial charge is 0.316 e. The summed E-state index contributed by atoms with van der Waals surface area (Å²) in [5.41, 5.74) is 3.03. The van der Waals surface area contributed by atoms with E-state index in [1.807, 2.05) is 36.4 Å². The van der Waals surface area contributed by atoms with Crippen molar-refractivity contribution in [1.29, 1.82) is 0 Å². The van der Waals surface area contributed by atoms with Crippen molar-refractivity contribution in [2.75, 3.05) is 18.4 Å². The van der Waals surface area contributed by atoms with Gasteiger partial charge >= 0.3 is 6.03 Å². The lowest BCUT2D eigenvalue weighted by Gasteiger charge is -2.16. The van der Waals surface area contributed by atoms with E-state index in [2.05, 4.69) is 10.3 Å². The summed E-state index contributed by atoms with van der Waals surface area (Å²) in [7, 11) is 0. The summed E-state index contributed by atoms with van der Waals surface area (Å²) in [4.78, 5) is 19.5. The number of carbonyl (C=O) groups is 1. The molecule has 6 heteroatoms. The standard InChI is InChI=1S/C20H16FN3OS/c21-17-8-6-14(7-9-17)16-10-11-24(13-16)20(25)23-19-22-12-18(26-19)15-4-2-1-3-5-15/h1-10,12H,11,13H2,(H,22,23,25).